The van der Waals surface area contributed by atoms with Crippen LogP contribution in [0.1, 0.15) is 31.2 Å². The first-order valence-electron chi connectivity index (χ1n) is 9.06. The molecule has 3 rings (SSSR count). The summed E-state index contributed by atoms with van der Waals surface area (Å²) in [6, 6.07) is 2.24. The van der Waals surface area contributed by atoms with Gasteiger partial charge in [-0.25, -0.2) is 4.68 Å². The van der Waals surface area contributed by atoms with Crippen molar-refractivity contribution in [3.63, 3.8) is 0 Å². The number of carbonyl (C=O) groups excluding carboxylic acids is 1. The number of ether oxygens (including phenoxy) is 1. The van der Waals surface area contributed by atoms with Crippen LogP contribution in [0.15, 0.2) is 16.8 Å². The van der Waals surface area contributed by atoms with Crippen molar-refractivity contribution >= 4 is 17.2 Å². The van der Waals surface area contributed by atoms with E-state index in [1.807, 2.05) is 6.92 Å². The Morgan fingerprint density at radius 3 is 3.04 bits per heavy atom. The molecule has 1 fully saturated rings. The van der Waals surface area contributed by atoms with Crippen molar-refractivity contribution in [2.24, 2.45) is 0 Å². The van der Waals surface area contributed by atoms with Gasteiger partial charge >= 0.3 is 0 Å². The van der Waals surface area contributed by atoms with Gasteiger partial charge in [0, 0.05) is 32.1 Å². The lowest BCUT2D eigenvalue weighted by Gasteiger charge is -2.25. The van der Waals surface area contributed by atoms with Crippen molar-refractivity contribution in [3.8, 4) is 0 Å². The van der Waals surface area contributed by atoms with Crippen molar-refractivity contribution in [1.82, 2.24) is 30.4 Å². The lowest BCUT2D eigenvalue weighted by atomic mass is 10.1. The van der Waals surface area contributed by atoms with Crippen LogP contribution in [-0.2, 0) is 29.0 Å². The Balaban J connectivity index is 1.37. The fourth-order valence-corrected chi connectivity index (χ4v) is 3.70. The van der Waals surface area contributed by atoms with E-state index in [0.717, 1.165) is 51.5 Å². The van der Waals surface area contributed by atoms with Gasteiger partial charge in [-0.15, -0.1) is 5.10 Å². The van der Waals surface area contributed by atoms with Crippen LogP contribution in [0.4, 0.5) is 0 Å². The van der Waals surface area contributed by atoms with E-state index < -0.39 is 0 Å². The van der Waals surface area contributed by atoms with Crippen LogP contribution in [-0.4, -0.2) is 63.4 Å². The Kier molecular flexibility index (Phi) is 7.10. The largest absolute Gasteiger partial charge is 0.379 e. The average molecular weight is 379 g/mol. The summed E-state index contributed by atoms with van der Waals surface area (Å²) in [7, 11) is 0. The quantitative estimate of drug-likeness (QED) is 0.703. The second-order valence-corrected chi connectivity index (χ2v) is 7.39. The van der Waals surface area contributed by atoms with Crippen LogP contribution in [0.5, 0.6) is 0 Å². The Morgan fingerprint density at radius 1 is 1.42 bits per heavy atom. The Bertz CT molecular complexity index is 669. The molecule has 3 heterocycles. The molecule has 8 nitrogen and oxygen atoms in total. The number of nitrogens with zero attached hydrogens (tertiary/aromatic N) is 5. The van der Waals surface area contributed by atoms with Gasteiger partial charge in [0.15, 0.2) is 5.82 Å². The molecule has 0 radical (unpaired) electrons. The third kappa shape index (κ3) is 5.86. The second-order valence-electron chi connectivity index (χ2n) is 6.61. The molecule has 1 saturated heterocycles. The molecule has 1 aliphatic rings. The molecule has 0 spiro atoms. The van der Waals surface area contributed by atoms with E-state index in [1.54, 1.807) is 16.0 Å². The molecule has 0 aromatic carbocycles. The number of amides is 1. The molecule has 1 amide bonds. The molecule has 0 bridgehead atoms. The topological polar surface area (TPSA) is 85.2 Å². The summed E-state index contributed by atoms with van der Waals surface area (Å²) in [5.74, 6) is 0.925. The fraction of sp³-hybridized carbons (Fsp3) is 0.647. The summed E-state index contributed by atoms with van der Waals surface area (Å²) in [4.78, 5) is 14.4. The van der Waals surface area contributed by atoms with E-state index in [2.05, 4.69) is 42.6 Å². The predicted octanol–water partition coefficient (Wildman–Crippen LogP) is 1.09. The molecule has 26 heavy (non-hydrogen) atoms. The van der Waals surface area contributed by atoms with Crippen molar-refractivity contribution in [1.29, 1.82) is 0 Å². The molecule has 1 N–H and O–H groups in total. The zero-order valence-electron chi connectivity index (χ0n) is 15.1. The number of hydrogen-bond acceptors (Lipinski definition) is 7. The van der Waals surface area contributed by atoms with Crippen LogP contribution in [0.25, 0.3) is 0 Å². The SMILES string of the molecule is C[C@H](Cc1ccsc1)NC(=O)CCCn1nnnc1CN1CCOCC1. The maximum atomic E-state index is 12.1. The maximum Gasteiger partial charge on any atom is 0.220 e. The van der Waals surface area contributed by atoms with E-state index >= 15 is 0 Å². The average Bonchev–Trinajstić information content (AvgIpc) is 3.28. The van der Waals surface area contributed by atoms with E-state index in [4.69, 9.17) is 4.74 Å². The number of aryl methyl sites for hydroxylation is 1. The molecular formula is C17H26N6O2S. The molecule has 2 aromatic rings. The first-order chi connectivity index (χ1) is 12.7. The van der Waals surface area contributed by atoms with Crippen molar-refractivity contribution in [2.75, 3.05) is 26.3 Å². The van der Waals surface area contributed by atoms with E-state index in [0.29, 0.717) is 13.0 Å². The maximum absolute atomic E-state index is 12.1. The third-order valence-electron chi connectivity index (χ3n) is 4.38. The molecule has 2 aromatic heterocycles. The van der Waals surface area contributed by atoms with Crippen LogP contribution < -0.4 is 5.32 Å². The highest BCUT2D eigenvalue weighted by Gasteiger charge is 2.15. The molecule has 0 unspecified atom stereocenters. The van der Waals surface area contributed by atoms with E-state index in [1.165, 1.54) is 5.56 Å². The summed E-state index contributed by atoms with van der Waals surface area (Å²) >= 11 is 1.68. The highest BCUT2D eigenvalue weighted by molar-refractivity contribution is 7.07. The highest BCUT2D eigenvalue weighted by Crippen LogP contribution is 2.09. The molecule has 142 valence electrons. The first-order valence-corrected chi connectivity index (χ1v) is 10.0. The number of nitrogens with one attached hydrogen (secondary N) is 1. The molecule has 1 aliphatic heterocycles. The van der Waals surface area contributed by atoms with Gasteiger partial charge in [-0.05, 0) is 52.6 Å². The molecule has 9 heteroatoms. The molecule has 0 aliphatic carbocycles. The number of thiophene rings is 1. The summed E-state index contributed by atoms with van der Waals surface area (Å²) in [6.07, 6.45) is 2.06. The van der Waals surface area contributed by atoms with E-state index in [9.17, 15) is 4.79 Å². The van der Waals surface area contributed by atoms with Gasteiger partial charge in [0.05, 0.1) is 19.8 Å². The summed E-state index contributed by atoms with van der Waals surface area (Å²) in [5.41, 5.74) is 1.27. The van der Waals surface area contributed by atoms with E-state index in [-0.39, 0.29) is 11.9 Å². The Morgan fingerprint density at radius 2 is 2.27 bits per heavy atom. The number of rotatable bonds is 9. The van der Waals surface area contributed by atoms with Gasteiger partial charge in [-0.2, -0.15) is 11.3 Å². The number of hydrogen-bond donors (Lipinski definition) is 1. The minimum Gasteiger partial charge on any atom is -0.379 e. The number of morpholine rings is 1. The summed E-state index contributed by atoms with van der Waals surface area (Å²) in [5, 5.41) is 19.2. The predicted molar refractivity (Wildman–Crippen MR) is 98.8 cm³/mol. The monoisotopic (exact) mass is 378 g/mol. The smallest absolute Gasteiger partial charge is 0.220 e. The van der Waals surface area contributed by atoms with Gasteiger partial charge < -0.3 is 10.1 Å². The van der Waals surface area contributed by atoms with Crippen molar-refractivity contribution < 1.29 is 9.53 Å². The first kappa shape index (κ1) is 18.9. The van der Waals surface area contributed by atoms with Crippen molar-refractivity contribution in [2.45, 2.75) is 45.3 Å². The lowest BCUT2D eigenvalue weighted by molar-refractivity contribution is -0.121. The van der Waals surface area contributed by atoms with Crippen LogP contribution >= 0.6 is 11.3 Å². The third-order valence-corrected chi connectivity index (χ3v) is 5.11. The summed E-state index contributed by atoms with van der Waals surface area (Å²) < 4.78 is 7.16. The normalized spacial score (nSPS) is 16.5. The second kappa shape index (κ2) is 9.75. The van der Waals surface area contributed by atoms with Gasteiger partial charge in [0.25, 0.3) is 0 Å². The van der Waals surface area contributed by atoms with Gasteiger partial charge in [-0.3, -0.25) is 9.69 Å². The van der Waals surface area contributed by atoms with Crippen molar-refractivity contribution in [3.05, 3.63) is 28.2 Å². The van der Waals surface area contributed by atoms with Crippen LogP contribution in [0.3, 0.4) is 0 Å². The Labute approximate surface area is 157 Å². The van der Waals surface area contributed by atoms with Gasteiger partial charge in [0.2, 0.25) is 5.91 Å². The van der Waals surface area contributed by atoms with Crippen LogP contribution in [0.2, 0.25) is 0 Å². The number of aromatic nitrogens is 4. The highest BCUT2D eigenvalue weighted by atomic mass is 32.1. The number of carbonyl (C=O) groups is 1. The zero-order chi connectivity index (χ0) is 18.2. The minimum atomic E-state index is 0.0792. The standard InChI is InChI=1S/C17H26N6O2S/c1-14(11-15-4-10-26-13-15)18-17(24)3-2-5-23-16(19-20-21-23)12-22-6-8-25-9-7-22/h4,10,13-14H,2-3,5-9,11-12H2,1H3,(H,18,24)/t14-/m1/s1. The Hall–Kier alpha value is -1.84. The van der Waals surface area contributed by atoms with Crippen LogP contribution in [0, 0.1) is 0 Å². The molecular weight excluding hydrogens is 352 g/mol. The van der Waals surface area contributed by atoms with Gasteiger partial charge in [-0.1, -0.05) is 0 Å². The fourth-order valence-electron chi connectivity index (χ4n) is 3.02. The van der Waals surface area contributed by atoms with Gasteiger partial charge in [0.1, 0.15) is 0 Å². The lowest BCUT2D eigenvalue weighted by Crippen LogP contribution is -2.36. The number of tetrazole rings is 1. The minimum absolute atomic E-state index is 0.0792. The summed E-state index contributed by atoms with van der Waals surface area (Å²) in [6.45, 7) is 6.72. The zero-order valence-corrected chi connectivity index (χ0v) is 16.0. The molecule has 0 saturated carbocycles. The molecule has 1 atom stereocenters.